The number of carbonyl (C=O) groups is 2. The molecule has 0 saturated heterocycles. The maximum absolute atomic E-state index is 11.8. The van der Waals surface area contributed by atoms with Crippen molar-refractivity contribution in [3.8, 4) is 6.07 Å². The Morgan fingerprint density at radius 1 is 0.952 bits per heavy atom. The van der Waals surface area contributed by atoms with Crippen LogP contribution in [0, 0.1) is 11.3 Å². The molecular formula is C15H10BrN3O2. The van der Waals surface area contributed by atoms with Crippen LogP contribution in [0.25, 0.3) is 0 Å². The van der Waals surface area contributed by atoms with Crippen molar-refractivity contribution in [3.63, 3.8) is 0 Å². The average molecular weight is 344 g/mol. The molecule has 0 spiro atoms. The summed E-state index contributed by atoms with van der Waals surface area (Å²) in [5, 5.41) is 13.8. The molecule has 5 nitrogen and oxygen atoms in total. The number of nitrogens with one attached hydrogen (secondary N) is 2. The molecule has 2 aromatic rings. The van der Waals surface area contributed by atoms with Crippen LogP contribution in [0.2, 0.25) is 0 Å². The predicted molar refractivity (Wildman–Crippen MR) is 82.6 cm³/mol. The van der Waals surface area contributed by atoms with E-state index in [2.05, 4.69) is 26.6 Å². The minimum Gasteiger partial charge on any atom is -0.318 e. The fourth-order valence-electron chi connectivity index (χ4n) is 1.59. The molecule has 0 atom stereocenters. The van der Waals surface area contributed by atoms with Crippen molar-refractivity contribution in [1.29, 1.82) is 5.26 Å². The smallest absolute Gasteiger partial charge is 0.314 e. The number of nitrogens with zero attached hydrogens (tertiary/aromatic N) is 1. The number of hydrogen-bond donors (Lipinski definition) is 2. The lowest BCUT2D eigenvalue weighted by molar-refractivity contribution is -0.133. The molecule has 0 unspecified atom stereocenters. The van der Waals surface area contributed by atoms with E-state index in [4.69, 9.17) is 5.26 Å². The Labute approximate surface area is 129 Å². The van der Waals surface area contributed by atoms with Crippen molar-refractivity contribution in [3.05, 3.63) is 58.6 Å². The number of anilines is 2. The van der Waals surface area contributed by atoms with Crippen LogP contribution in [-0.2, 0) is 9.59 Å². The molecule has 2 rings (SSSR count). The van der Waals surface area contributed by atoms with E-state index >= 15 is 0 Å². The van der Waals surface area contributed by atoms with Gasteiger partial charge in [0.15, 0.2) is 0 Å². The predicted octanol–water partition coefficient (Wildman–Crippen LogP) is 2.90. The van der Waals surface area contributed by atoms with Crippen molar-refractivity contribution >= 4 is 39.1 Å². The standard InChI is InChI=1S/C15H10BrN3O2/c16-11-5-7-12(8-6-11)18-14(20)15(21)19-13-4-2-1-3-10(13)9-17/h1-8H,(H,18,20)(H,19,21). The van der Waals surface area contributed by atoms with Gasteiger partial charge in [0.2, 0.25) is 0 Å². The largest absolute Gasteiger partial charge is 0.318 e. The Kier molecular flexibility index (Phi) is 4.69. The second-order valence-corrected chi connectivity index (χ2v) is 4.99. The first-order valence-electron chi connectivity index (χ1n) is 5.97. The number of hydrogen-bond acceptors (Lipinski definition) is 3. The van der Waals surface area contributed by atoms with Gasteiger partial charge in [0.25, 0.3) is 0 Å². The molecule has 0 saturated carbocycles. The molecule has 0 bridgehead atoms. The summed E-state index contributed by atoms with van der Waals surface area (Å²) in [4.78, 5) is 23.6. The van der Waals surface area contributed by atoms with Crippen LogP contribution in [-0.4, -0.2) is 11.8 Å². The lowest BCUT2D eigenvalue weighted by Crippen LogP contribution is -2.29. The zero-order valence-corrected chi connectivity index (χ0v) is 12.3. The number of rotatable bonds is 2. The summed E-state index contributed by atoms with van der Waals surface area (Å²) < 4.78 is 0.868. The molecule has 2 amide bonds. The van der Waals surface area contributed by atoms with Gasteiger partial charge < -0.3 is 10.6 Å². The molecule has 6 heteroatoms. The number of benzene rings is 2. The summed E-state index contributed by atoms with van der Waals surface area (Å²) in [6.07, 6.45) is 0. The van der Waals surface area contributed by atoms with Crippen LogP contribution in [0.3, 0.4) is 0 Å². The van der Waals surface area contributed by atoms with E-state index in [1.54, 1.807) is 48.5 Å². The zero-order valence-electron chi connectivity index (χ0n) is 10.8. The van der Waals surface area contributed by atoms with Crippen LogP contribution in [0.15, 0.2) is 53.0 Å². The van der Waals surface area contributed by atoms with Gasteiger partial charge in [-0.05, 0) is 36.4 Å². The number of carbonyl (C=O) groups excluding carboxylic acids is 2. The average Bonchev–Trinajstić information content (AvgIpc) is 2.50. The van der Waals surface area contributed by atoms with Crippen LogP contribution in [0.1, 0.15) is 5.56 Å². The SMILES string of the molecule is N#Cc1ccccc1NC(=O)C(=O)Nc1ccc(Br)cc1. The van der Waals surface area contributed by atoms with Gasteiger partial charge >= 0.3 is 11.8 Å². The highest BCUT2D eigenvalue weighted by molar-refractivity contribution is 9.10. The summed E-state index contributed by atoms with van der Waals surface area (Å²) in [5.74, 6) is -1.63. The highest BCUT2D eigenvalue weighted by atomic mass is 79.9. The van der Waals surface area contributed by atoms with Crippen molar-refractivity contribution in [2.75, 3.05) is 10.6 Å². The van der Waals surface area contributed by atoms with Gasteiger partial charge in [0.05, 0.1) is 11.3 Å². The Morgan fingerprint density at radius 3 is 2.24 bits per heavy atom. The first kappa shape index (κ1) is 14.8. The summed E-state index contributed by atoms with van der Waals surface area (Å²) in [7, 11) is 0. The maximum atomic E-state index is 11.8. The Hall–Kier alpha value is -2.65. The lowest BCUT2D eigenvalue weighted by Gasteiger charge is -2.07. The van der Waals surface area contributed by atoms with Gasteiger partial charge in [-0.2, -0.15) is 5.26 Å². The topological polar surface area (TPSA) is 82.0 Å². The van der Waals surface area contributed by atoms with Crippen molar-refractivity contribution < 1.29 is 9.59 Å². The summed E-state index contributed by atoms with van der Waals surface area (Å²) >= 11 is 3.28. The molecule has 0 aliphatic heterocycles. The minimum atomic E-state index is -0.833. The van der Waals surface area contributed by atoms with Crippen molar-refractivity contribution in [1.82, 2.24) is 0 Å². The summed E-state index contributed by atoms with van der Waals surface area (Å²) in [6, 6.07) is 15.2. The number of nitriles is 1. The zero-order chi connectivity index (χ0) is 15.2. The molecule has 0 radical (unpaired) electrons. The highest BCUT2D eigenvalue weighted by Gasteiger charge is 2.15. The lowest BCUT2D eigenvalue weighted by atomic mass is 10.2. The molecule has 0 heterocycles. The molecule has 0 aliphatic rings. The van der Waals surface area contributed by atoms with Crippen LogP contribution < -0.4 is 10.6 Å². The van der Waals surface area contributed by atoms with E-state index < -0.39 is 11.8 Å². The van der Waals surface area contributed by atoms with E-state index in [1.165, 1.54) is 0 Å². The Morgan fingerprint density at radius 2 is 1.57 bits per heavy atom. The quantitative estimate of drug-likeness (QED) is 0.822. The normalized spacial score (nSPS) is 9.52. The van der Waals surface area contributed by atoms with Gasteiger partial charge in [-0.15, -0.1) is 0 Å². The molecule has 0 aliphatic carbocycles. The number of para-hydroxylation sites is 1. The number of halogens is 1. The Balaban J connectivity index is 2.05. The molecule has 0 aromatic heterocycles. The third-order valence-electron chi connectivity index (χ3n) is 2.60. The van der Waals surface area contributed by atoms with Crippen molar-refractivity contribution in [2.24, 2.45) is 0 Å². The molecule has 2 N–H and O–H groups in total. The molecule has 0 fully saturated rings. The first-order chi connectivity index (χ1) is 10.1. The van der Waals surface area contributed by atoms with Gasteiger partial charge in [0.1, 0.15) is 6.07 Å². The van der Waals surface area contributed by atoms with E-state index in [0.717, 1.165) is 4.47 Å². The van der Waals surface area contributed by atoms with E-state index in [1.807, 2.05) is 6.07 Å². The summed E-state index contributed by atoms with van der Waals surface area (Å²) in [6.45, 7) is 0. The Bertz CT molecular complexity index is 720. The number of amides is 2. The first-order valence-corrected chi connectivity index (χ1v) is 6.76. The van der Waals surface area contributed by atoms with E-state index in [-0.39, 0.29) is 0 Å². The molecule has 2 aromatic carbocycles. The van der Waals surface area contributed by atoms with Crippen LogP contribution in [0.4, 0.5) is 11.4 Å². The van der Waals surface area contributed by atoms with Crippen molar-refractivity contribution in [2.45, 2.75) is 0 Å². The fourth-order valence-corrected chi connectivity index (χ4v) is 1.85. The second kappa shape index (κ2) is 6.68. The minimum absolute atomic E-state index is 0.294. The maximum Gasteiger partial charge on any atom is 0.314 e. The fraction of sp³-hybridized carbons (Fsp3) is 0. The molecule has 104 valence electrons. The van der Waals surface area contributed by atoms with E-state index in [9.17, 15) is 9.59 Å². The third kappa shape index (κ3) is 3.91. The molecular weight excluding hydrogens is 334 g/mol. The van der Waals surface area contributed by atoms with Gasteiger partial charge in [-0.1, -0.05) is 28.1 Å². The summed E-state index contributed by atoms with van der Waals surface area (Å²) in [5.41, 5.74) is 1.10. The van der Waals surface area contributed by atoms with Gasteiger partial charge in [0, 0.05) is 10.2 Å². The molecule has 21 heavy (non-hydrogen) atoms. The second-order valence-electron chi connectivity index (χ2n) is 4.07. The third-order valence-corrected chi connectivity index (χ3v) is 3.13. The highest BCUT2D eigenvalue weighted by Crippen LogP contribution is 2.15. The van der Waals surface area contributed by atoms with Gasteiger partial charge in [-0.25, -0.2) is 0 Å². The monoisotopic (exact) mass is 343 g/mol. The van der Waals surface area contributed by atoms with Crippen LogP contribution in [0.5, 0.6) is 0 Å². The van der Waals surface area contributed by atoms with E-state index in [0.29, 0.717) is 16.9 Å². The van der Waals surface area contributed by atoms with Crippen LogP contribution >= 0.6 is 15.9 Å². The van der Waals surface area contributed by atoms with Gasteiger partial charge in [-0.3, -0.25) is 9.59 Å².